The lowest BCUT2D eigenvalue weighted by molar-refractivity contribution is -0.113. The molecule has 12 nitrogen and oxygen atoms in total. The maximum Gasteiger partial charge on any atom is 0.277 e. The molecule has 14 heteroatoms. The first-order valence-corrected chi connectivity index (χ1v) is 11.8. The number of ether oxygens (including phenoxy) is 2. The summed E-state index contributed by atoms with van der Waals surface area (Å²) < 4.78 is 11.1. The molecule has 0 fully saturated rings. The fourth-order valence-corrected chi connectivity index (χ4v) is 3.69. The molecule has 0 radical (unpaired) electrons. The van der Waals surface area contributed by atoms with Crippen LogP contribution in [0.3, 0.4) is 0 Å². The van der Waals surface area contributed by atoms with Gasteiger partial charge in [-0.05, 0) is 18.2 Å². The molecule has 2 aromatic heterocycles. The van der Waals surface area contributed by atoms with E-state index in [4.69, 9.17) is 15.2 Å². The number of benzene rings is 1. The van der Waals surface area contributed by atoms with Gasteiger partial charge in [-0.2, -0.15) is 5.10 Å². The summed E-state index contributed by atoms with van der Waals surface area (Å²) in [5.41, 5.74) is 6.13. The second-order valence-corrected chi connectivity index (χ2v) is 8.13. The first-order valence-electron chi connectivity index (χ1n) is 9.30. The largest absolute Gasteiger partial charge is 0.493 e. The van der Waals surface area contributed by atoms with Gasteiger partial charge in [-0.15, -0.1) is 0 Å². The predicted molar refractivity (Wildman–Crippen MR) is 132 cm³/mol. The molecule has 0 aliphatic carbocycles. The molecule has 174 valence electrons. The summed E-state index contributed by atoms with van der Waals surface area (Å²) in [4.78, 5) is 43.7. The highest BCUT2D eigenvalue weighted by atomic mass is 127. The number of carbonyl (C=O) groups is 2. The molecular formula is C19H20IN7O5S. The van der Waals surface area contributed by atoms with Crippen molar-refractivity contribution in [2.24, 2.45) is 0 Å². The van der Waals surface area contributed by atoms with E-state index in [1.54, 1.807) is 12.1 Å². The van der Waals surface area contributed by atoms with E-state index in [0.717, 1.165) is 21.9 Å². The molecule has 0 saturated heterocycles. The number of carbonyl (C=O) groups excluding carboxylic acids is 2. The van der Waals surface area contributed by atoms with Gasteiger partial charge in [-0.25, -0.2) is 4.98 Å². The molecule has 2 amide bonds. The summed E-state index contributed by atoms with van der Waals surface area (Å²) in [5.74, 6) is 0.0764. The Morgan fingerprint density at radius 1 is 1.18 bits per heavy atom. The van der Waals surface area contributed by atoms with Crippen LogP contribution in [0.1, 0.15) is 16.1 Å². The quantitative estimate of drug-likeness (QED) is 0.109. The number of aromatic amines is 2. The average Bonchev–Trinajstić information content (AvgIpc) is 3.26. The van der Waals surface area contributed by atoms with Crippen molar-refractivity contribution < 1.29 is 19.1 Å². The summed E-state index contributed by atoms with van der Waals surface area (Å²) in [6.45, 7) is 0. The first-order chi connectivity index (χ1) is 15.8. The zero-order chi connectivity index (χ0) is 24.0. The molecule has 2 heterocycles. The maximum atomic E-state index is 12.6. The molecule has 0 atom stereocenters. The average molecular weight is 585 g/mol. The van der Waals surface area contributed by atoms with Crippen molar-refractivity contribution in [2.75, 3.05) is 36.3 Å². The van der Waals surface area contributed by atoms with E-state index in [1.165, 1.54) is 26.4 Å². The number of nitrogen functional groups attached to an aromatic ring is 1. The minimum Gasteiger partial charge on any atom is -0.493 e. The number of amides is 2. The number of rotatable bonds is 9. The molecule has 0 spiro atoms. The van der Waals surface area contributed by atoms with E-state index in [-0.39, 0.29) is 33.9 Å². The Bertz CT molecular complexity index is 1230. The van der Waals surface area contributed by atoms with Gasteiger partial charge in [-0.1, -0.05) is 34.4 Å². The van der Waals surface area contributed by atoms with Crippen molar-refractivity contribution in [2.45, 2.75) is 9.58 Å². The number of aromatic nitrogens is 4. The third-order valence-corrected chi connectivity index (χ3v) is 5.89. The lowest BCUT2D eigenvalue weighted by Crippen LogP contribution is -2.23. The lowest BCUT2D eigenvalue weighted by atomic mass is 10.2. The lowest BCUT2D eigenvalue weighted by Gasteiger charge is -2.11. The molecule has 0 aliphatic rings. The molecule has 1 aromatic carbocycles. The van der Waals surface area contributed by atoms with E-state index in [1.807, 2.05) is 0 Å². The topological polar surface area (TPSA) is 177 Å². The summed E-state index contributed by atoms with van der Waals surface area (Å²) in [5, 5.41) is 12.0. The molecular weight excluding hydrogens is 565 g/mol. The number of hydrogen-bond donors (Lipinski definition) is 5. The number of nitrogens with zero attached hydrogens (tertiary/aromatic N) is 2. The monoisotopic (exact) mass is 585 g/mol. The van der Waals surface area contributed by atoms with Gasteiger partial charge in [0, 0.05) is 21.8 Å². The fourth-order valence-electron chi connectivity index (χ4n) is 2.63. The number of nitrogens with one attached hydrogen (secondary N) is 4. The highest BCUT2D eigenvalue weighted by Crippen LogP contribution is 2.28. The van der Waals surface area contributed by atoms with Crippen LogP contribution < -0.4 is 31.4 Å². The highest BCUT2D eigenvalue weighted by molar-refractivity contribution is 14.1. The van der Waals surface area contributed by atoms with Crippen LogP contribution in [0.4, 0.5) is 17.3 Å². The van der Waals surface area contributed by atoms with Crippen molar-refractivity contribution in [3.05, 3.63) is 45.9 Å². The van der Waals surface area contributed by atoms with Gasteiger partial charge in [0.05, 0.1) is 20.0 Å². The maximum absolute atomic E-state index is 12.6. The van der Waals surface area contributed by atoms with Crippen molar-refractivity contribution in [3.63, 3.8) is 0 Å². The van der Waals surface area contributed by atoms with Gasteiger partial charge in [0.25, 0.3) is 11.5 Å². The van der Waals surface area contributed by atoms with E-state index in [2.05, 4.69) is 53.4 Å². The fraction of sp³-hybridized carbons (Fsp3) is 0.211. The van der Waals surface area contributed by atoms with Crippen molar-refractivity contribution in [3.8, 4) is 11.5 Å². The number of halogens is 1. The summed E-state index contributed by atoms with van der Waals surface area (Å²) >= 11 is 3.15. The second kappa shape index (κ2) is 11.0. The summed E-state index contributed by atoms with van der Waals surface area (Å²) in [7, 11) is 2.92. The molecule has 6 N–H and O–H groups in total. The smallest absolute Gasteiger partial charge is 0.277 e. The number of H-pyrrole nitrogens is 2. The molecule has 33 heavy (non-hydrogen) atoms. The Balaban J connectivity index is 1.65. The minimum absolute atomic E-state index is 0.0356. The first kappa shape index (κ1) is 24.4. The SMILES string of the molecule is COc1ccc(C(=O)Nc2c(N)nc(SCC(=O)Nc3cc(CI)[nH]n3)[nH]c2=O)cc1OC. The van der Waals surface area contributed by atoms with Crippen LogP contribution in [0.2, 0.25) is 0 Å². The highest BCUT2D eigenvalue weighted by Gasteiger charge is 2.16. The molecule has 3 aromatic rings. The van der Waals surface area contributed by atoms with E-state index in [9.17, 15) is 14.4 Å². The Labute approximate surface area is 205 Å². The number of anilines is 3. The van der Waals surface area contributed by atoms with Crippen LogP contribution in [0.15, 0.2) is 34.2 Å². The van der Waals surface area contributed by atoms with Crippen molar-refractivity contribution >= 4 is 63.5 Å². The third-order valence-electron chi connectivity index (χ3n) is 4.19. The number of nitrogens with two attached hydrogens (primary N) is 1. The predicted octanol–water partition coefficient (Wildman–Crippen LogP) is 2.01. The van der Waals surface area contributed by atoms with Crippen LogP contribution in [0.5, 0.6) is 11.5 Å². The molecule has 3 rings (SSSR count). The zero-order valence-corrected chi connectivity index (χ0v) is 20.5. The van der Waals surface area contributed by atoms with Crippen LogP contribution >= 0.6 is 34.4 Å². The second-order valence-electron chi connectivity index (χ2n) is 6.40. The van der Waals surface area contributed by atoms with Crippen molar-refractivity contribution in [1.29, 1.82) is 0 Å². The number of hydrogen-bond acceptors (Lipinski definition) is 9. The number of alkyl halides is 1. The van der Waals surface area contributed by atoms with Gasteiger partial charge in [0.2, 0.25) is 5.91 Å². The minimum atomic E-state index is -0.654. The third kappa shape index (κ3) is 6.16. The molecule has 0 aliphatic heterocycles. The number of thioether (sulfide) groups is 1. The standard InChI is InChI=1S/C19H20IN7O5S/c1-31-11-4-3-9(5-12(11)32-2)17(29)23-15-16(21)24-19(25-18(15)30)33-8-14(28)22-13-6-10(7-20)26-27-13/h3-6H,7-8H2,1-2H3,(H,23,29)(H3,21,24,25,30)(H2,22,26,27,28). The van der Waals surface area contributed by atoms with E-state index in [0.29, 0.717) is 17.3 Å². The van der Waals surface area contributed by atoms with Crippen LogP contribution in [0.25, 0.3) is 0 Å². The van der Waals surface area contributed by atoms with E-state index >= 15 is 0 Å². The Morgan fingerprint density at radius 3 is 2.58 bits per heavy atom. The Kier molecular flexibility index (Phi) is 8.16. The van der Waals surface area contributed by atoms with Crippen LogP contribution in [0, 0.1) is 0 Å². The van der Waals surface area contributed by atoms with Gasteiger partial charge < -0.3 is 25.8 Å². The Morgan fingerprint density at radius 2 is 1.94 bits per heavy atom. The van der Waals surface area contributed by atoms with Gasteiger partial charge >= 0.3 is 0 Å². The van der Waals surface area contributed by atoms with Gasteiger partial charge in [0.1, 0.15) is 5.69 Å². The normalized spacial score (nSPS) is 10.5. The van der Waals surface area contributed by atoms with Crippen LogP contribution in [-0.4, -0.2) is 52.0 Å². The molecule has 0 bridgehead atoms. The molecule has 0 unspecified atom stereocenters. The van der Waals surface area contributed by atoms with Crippen molar-refractivity contribution in [1.82, 2.24) is 20.2 Å². The zero-order valence-electron chi connectivity index (χ0n) is 17.5. The van der Waals surface area contributed by atoms with Gasteiger partial charge in [0.15, 0.2) is 28.3 Å². The summed E-state index contributed by atoms with van der Waals surface area (Å²) in [6, 6.07) is 6.27. The summed E-state index contributed by atoms with van der Waals surface area (Å²) in [6.07, 6.45) is 0. The molecule has 0 saturated carbocycles. The Hall–Kier alpha value is -3.27. The number of methoxy groups -OCH3 is 2. The van der Waals surface area contributed by atoms with Gasteiger partial charge in [-0.3, -0.25) is 24.5 Å². The van der Waals surface area contributed by atoms with Crippen LogP contribution in [-0.2, 0) is 9.22 Å². The van der Waals surface area contributed by atoms with E-state index < -0.39 is 11.5 Å².